The maximum atomic E-state index is 5.63. The summed E-state index contributed by atoms with van der Waals surface area (Å²) in [5.74, 6) is 1.27. The molecule has 2 rings (SSSR count). The van der Waals surface area contributed by atoms with Gasteiger partial charge in [0.1, 0.15) is 0 Å². The Labute approximate surface area is 119 Å². The minimum atomic E-state index is 0.507. The van der Waals surface area contributed by atoms with Crippen LogP contribution in [0.3, 0.4) is 0 Å². The Bertz CT molecular complexity index is 559. The molecule has 20 heavy (non-hydrogen) atoms. The Balaban J connectivity index is 2.35. The molecule has 5 nitrogen and oxygen atoms in total. The number of methoxy groups -OCH3 is 1. The van der Waals surface area contributed by atoms with Gasteiger partial charge in [-0.1, -0.05) is 12.1 Å². The molecule has 0 unspecified atom stereocenters. The summed E-state index contributed by atoms with van der Waals surface area (Å²) in [6, 6.07) is 8.29. The molecular weight excluding hydrogens is 252 g/mol. The lowest BCUT2D eigenvalue weighted by Crippen LogP contribution is -2.22. The van der Waals surface area contributed by atoms with Crippen molar-refractivity contribution in [2.75, 3.05) is 25.1 Å². The maximum absolute atomic E-state index is 5.63. The zero-order chi connectivity index (χ0) is 14.4. The van der Waals surface area contributed by atoms with E-state index in [1.165, 1.54) is 5.56 Å². The molecule has 0 aliphatic rings. The van der Waals surface area contributed by atoms with Crippen LogP contribution in [0.25, 0.3) is 0 Å². The predicted molar refractivity (Wildman–Crippen MR) is 80.4 cm³/mol. The van der Waals surface area contributed by atoms with Gasteiger partial charge in [0.05, 0.1) is 19.5 Å². The quantitative estimate of drug-likeness (QED) is 0.874. The maximum Gasteiger partial charge on any atom is 0.234 e. The fourth-order valence-electron chi connectivity index (χ4n) is 1.99. The third-order valence-corrected chi connectivity index (χ3v) is 2.98. The van der Waals surface area contributed by atoms with Crippen molar-refractivity contribution in [3.8, 4) is 5.88 Å². The summed E-state index contributed by atoms with van der Waals surface area (Å²) in [4.78, 5) is 10.7. The molecule has 0 aliphatic carbocycles. The molecule has 0 amide bonds. The fourth-order valence-corrected chi connectivity index (χ4v) is 1.99. The van der Waals surface area contributed by atoms with E-state index in [2.05, 4.69) is 40.0 Å². The van der Waals surface area contributed by atoms with Gasteiger partial charge in [0.15, 0.2) is 5.82 Å². The summed E-state index contributed by atoms with van der Waals surface area (Å²) in [7, 11) is 1.59. The van der Waals surface area contributed by atoms with Crippen LogP contribution in [0.1, 0.15) is 12.0 Å². The van der Waals surface area contributed by atoms with E-state index in [-0.39, 0.29) is 0 Å². The SMILES string of the molecule is COc1cncc(N(CCCN)c2cccc(C)c2)n1. The lowest BCUT2D eigenvalue weighted by molar-refractivity contribution is 0.396. The van der Waals surface area contributed by atoms with Crippen LogP contribution in [0.15, 0.2) is 36.7 Å². The highest BCUT2D eigenvalue weighted by Gasteiger charge is 2.11. The molecule has 0 saturated carbocycles. The normalized spacial score (nSPS) is 10.3. The van der Waals surface area contributed by atoms with E-state index in [0.717, 1.165) is 24.5 Å². The Hall–Kier alpha value is -2.14. The molecule has 106 valence electrons. The van der Waals surface area contributed by atoms with E-state index in [1.807, 2.05) is 6.07 Å². The number of nitrogens with zero attached hydrogens (tertiary/aromatic N) is 3. The van der Waals surface area contributed by atoms with Crippen LogP contribution in [0.4, 0.5) is 11.5 Å². The lowest BCUT2D eigenvalue weighted by Gasteiger charge is -2.24. The standard InChI is InChI=1S/C15H20N4O/c1-12-5-3-6-13(9-12)19(8-4-7-16)14-10-17-11-15(18-14)20-2/h3,5-6,9-11H,4,7-8,16H2,1-2H3. The fraction of sp³-hybridized carbons (Fsp3) is 0.333. The van der Waals surface area contributed by atoms with E-state index in [1.54, 1.807) is 19.5 Å². The van der Waals surface area contributed by atoms with Crippen molar-refractivity contribution in [3.63, 3.8) is 0 Å². The Morgan fingerprint density at radius 1 is 1.30 bits per heavy atom. The summed E-state index contributed by atoms with van der Waals surface area (Å²) in [6.07, 6.45) is 4.22. The summed E-state index contributed by atoms with van der Waals surface area (Å²) in [5.41, 5.74) is 7.92. The molecular formula is C15H20N4O. The summed E-state index contributed by atoms with van der Waals surface area (Å²) < 4.78 is 5.14. The highest BCUT2D eigenvalue weighted by molar-refractivity contribution is 5.60. The molecule has 1 aromatic heterocycles. The van der Waals surface area contributed by atoms with E-state index in [9.17, 15) is 0 Å². The molecule has 0 saturated heterocycles. The number of benzene rings is 1. The first kappa shape index (κ1) is 14.3. The van der Waals surface area contributed by atoms with Crippen LogP contribution < -0.4 is 15.4 Å². The smallest absolute Gasteiger partial charge is 0.234 e. The number of rotatable bonds is 6. The molecule has 0 aliphatic heterocycles. The Morgan fingerprint density at radius 3 is 2.85 bits per heavy atom. The van der Waals surface area contributed by atoms with Gasteiger partial charge in [0, 0.05) is 12.2 Å². The number of aromatic nitrogens is 2. The van der Waals surface area contributed by atoms with Crippen LogP contribution in [-0.4, -0.2) is 30.2 Å². The van der Waals surface area contributed by atoms with Crippen LogP contribution in [0.5, 0.6) is 5.88 Å². The van der Waals surface area contributed by atoms with Gasteiger partial charge in [-0.25, -0.2) is 0 Å². The first-order chi connectivity index (χ1) is 9.74. The molecule has 1 heterocycles. The average molecular weight is 272 g/mol. The molecule has 0 radical (unpaired) electrons. The number of nitrogens with two attached hydrogens (primary N) is 1. The number of aryl methyl sites for hydroxylation is 1. The molecule has 1 aromatic carbocycles. The van der Waals surface area contributed by atoms with Crippen LogP contribution >= 0.6 is 0 Å². The van der Waals surface area contributed by atoms with Crippen molar-refractivity contribution in [1.82, 2.24) is 9.97 Å². The zero-order valence-corrected chi connectivity index (χ0v) is 11.9. The summed E-state index contributed by atoms with van der Waals surface area (Å²) in [6.45, 7) is 3.50. The monoisotopic (exact) mass is 272 g/mol. The van der Waals surface area contributed by atoms with Crippen molar-refractivity contribution in [2.45, 2.75) is 13.3 Å². The van der Waals surface area contributed by atoms with E-state index in [4.69, 9.17) is 10.5 Å². The molecule has 5 heteroatoms. The second kappa shape index (κ2) is 6.86. The molecule has 0 spiro atoms. The third kappa shape index (κ3) is 3.45. The molecule has 0 fully saturated rings. The Morgan fingerprint density at radius 2 is 2.15 bits per heavy atom. The van der Waals surface area contributed by atoms with Gasteiger partial charge in [-0.3, -0.25) is 4.98 Å². The van der Waals surface area contributed by atoms with Crippen molar-refractivity contribution < 1.29 is 4.74 Å². The molecule has 2 N–H and O–H groups in total. The predicted octanol–water partition coefficient (Wildman–Crippen LogP) is 2.28. The van der Waals surface area contributed by atoms with Crippen LogP contribution in [-0.2, 0) is 0 Å². The van der Waals surface area contributed by atoms with Crippen molar-refractivity contribution in [1.29, 1.82) is 0 Å². The molecule has 0 atom stereocenters. The number of hydrogen-bond acceptors (Lipinski definition) is 5. The summed E-state index contributed by atoms with van der Waals surface area (Å²) >= 11 is 0. The second-order valence-electron chi connectivity index (χ2n) is 4.55. The van der Waals surface area contributed by atoms with Crippen molar-refractivity contribution in [2.24, 2.45) is 5.73 Å². The van der Waals surface area contributed by atoms with Gasteiger partial charge < -0.3 is 15.4 Å². The van der Waals surface area contributed by atoms with Crippen LogP contribution in [0.2, 0.25) is 0 Å². The van der Waals surface area contributed by atoms with E-state index < -0.39 is 0 Å². The largest absolute Gasteiger partial charge is 0.480 e. The topological polar surface area (TPSA) is 64.3 Å². The highest BCUT2D eigenvalue weighted by Crippen LogP contribution is 2.25. The molecule has 2 aromatic rings. The minimum Gasteiger partial charge on any atom is -0.480 e. The van der Waals surface area contributed by atoms with Crippen LogP contribution in [0, 0.1) is 6.92 Å². The molecule has 0 bridgehead atoms. The first-order valence-corrected chi connectivity index (χ1v) is 6.65. The van der Waals surface area contributed by atoms with Gasteiger partial charge in [0.25, 0.3) is 0 Å². The first-order valence-electron chi connectivity index (χ1n) is 6.65. The van der Waals surface area contributed by atoms with Gasteiger partial charge in [0.2, 0.25) is 5.88 Å². The van der Waals surface area contributed by atoms with Gasteiger partial charge in [-0.2, -0.15) is 4.98 Å². The van der Waals surface area contributed by atoms with Gasteiger partial charge in [-0.15, -0.1) is 0 Å². The van der Waals surface area contributed by atoms with Gasteiger partial charge >= 0.3 is 0 Å². The number of ether oxygens (including phenoxy) is 1. The Kier molecular flexibility index (Phi) is 4.90. The number of anilines is 2. The minimum absolute atomic E-state index is 0.507. The van der Waals surface area contributed by atoms with Gasteiger partial charge in [-0.05, 0) is 37.6 Å². The lowest BCUT2D eigenvalue weighted by atomic mass is 10.2. The summed E-state index contributed by atoms with van der Waals surface area (Å²) in [5, 5.41) is 0. The van der Waals surface area contributed by atoms with Crippen molar-refractivity contribution >= 4 is 11.5 Å². The second-order valence-corrected chi connectivity index (χ2v) is 4.55. The third-order valence-electron chi connectivity index (χ3n) is 2.98. The highest BCUT2D eigenvalue weighted by atomic mass is 16.5. The average Bonchev–Trinajstić information content (AvgIpc) is 2.48. The number of hydrogen-bond donors (Lipinski definition) is 1. The van der Waals surface area contributed by atoms with Crippen molar-refractivity contribution in [3.05, 3.63) is 42.2 Å². The van der Waals surface area contributed by atoms with E-state index >= 15 is 0 Å². The zero-order valence-electron chi connectivity index (χ0n) is 11.9. The van der Waals surface area contributed by atoms with E-state index in [0.29, 0.717) is 12.4 Å².